The summed E-state index contributed by atoms with van der Waals surface area (Å²) in [6.45, 7) is 7.71. The molecule has 1 aromatic carbocycles. The molecular formula is C16H24N2O2. The Labute approximate surface area is 121 Å². The van der Waals surface area contributed by atoms with Crippen molar-refractivity contribution in [2.24, 2.45) is 0 Å². The summed E-state index contributed by atoms with van der Waals surface area (Å²) in [5.74, 6) is 0.220. The predicted molar refractivity (Wildman–Crippen MR) is 79.4 cm³/mol. The van der Waals surface area contributed by atoms with Crippen molar-refractivity contribution in [2.75, 3.05) is 39.4 Å². The molecule has 0 N–H and O–H groups in total. The summed E-state index contributed by atoms with van der Waals surface area (Å²) in [7, 11) is 0. The lowest BCUT2D eigenvalue weighted by atomic mass is 10.2. The number of hydrogen-bond donors (Lipinski definition) is 0. The van der Waals surface area contributed by atoms with Crippen LogP contribution in [-0.2, 0) is 16.1 Å². The number of hydrogen-bond acceptors (Lipinski definition) is 3. The third-order valence-electron chi connectivity index (χ3n) is 3.64. The largest absolute Gasteiger partial charge is 0.381 e. The van der Waals surface area contributed by atoms with Crippen molar-refractivity contribution in [3.8, 4) is 0 Å². The number of carbonyl (C=O) groups is 1. The van der Waals surface area contributed by atoms with Crippen LogP contribution in [0.3, 0.4) is 0 Å². The fraction of sp³-hybridized carbons (Fsp3) is 0.562. The van der Waals surface area contributed by atoms with Gasteiger partial charge in [-0.15, -0.1) is 0 Å². The van der Waals surface area contributed by atoms with Crippen molar-refractivity contribution in [3.63, 3.8) is 0 Å². The number of nitrogens with zero attached hydrogens (tertiary/aromatic N) is 2. The molecule has 0 unspecified atom stereocenters. The van der Waals surface area contributed by atoms with E-state index in [0.717, 1.165) is 32.7 Å². The van der Waals surface area contributed by atoms with Crippen molar-refractivity contribution < 1.29 is 9.53 Å². The molecule has 2 rings (SSSR count). The summed E-state index contributed by atoms with van der Waals surface area (Å²) in [6.07, 6.45) is 0.506. The van der Waals surface area contributed by atoms with Gasteiger partial charge >= 0.3 is 0 Å². The normalized spacial score (nSPS) is 16.4. The number of rotatable bonds is 6. The maximum atomic E-state index is 12.0. The summed E-state index contributed by atoms with van der Waals surface area (Å²) in [6, 6.07) is 10.5. The second kappa shape index (κ2) is 8.02. The van der Waals surface area contributed by atoms with Gasteiger partial charge in [0.25, 0.3) is 0 Å². The number of piperazine rings is 1. The van der Waals surface area contributed by atoms with E-state index in [4.69, 9.17) is 4.74 Å². The molecule has 1 aliphatic heterocycles. The van der Waals surface area contributed by atoms with Crippen LogP contribution in [0.15, 0.2) is 30.3 Å². The molecule has 4 nitrogen and oxygen atoms in total. The van der Waals surface area contributed by atoms with Crippen LogP contribution in [-0.4, -0.2) is 55.1 Å². The van der Waals surface area contributed by atoms with Gasteiger partial charge in [0.1, 0.15) is 0 Å². The minimum atomic E-state index is 0.220. The highest BCUT2D eigenvalue weighted by Crippen LogP contribution is 2.09. The molecule has 0 saturated carbocycles. The monoisotopic (exact) mass is 276 g/mol. The van der Waals surface area contributed by atoms with Gasteiger partial charge in [-0.1, -0.05) is 30.3 Å². The Balaban J connectivity index is 1.71. The first kappa shape index (κ1) is 15.0. The Morgan fingerprint density at radius 2 is 1.85 bits per heavy atom. The zero-order valence-electron chi connectivity index (χ0n) is 12.3. The van der Waals surface area contributed by atoms with Crippen LogP contribution >= 0.6 is 0 Å². The quantitative estimate of drug-likeness (QED) is 0.742. The van der Waals surface area contributed by atoms with E-state index in [0.29, 0.717) is 19.6 Å². The van der Waals surface area contributed by atoms with E-state index in [-0.39, 0.29) is 5.91 Å². The molecule has 110 valence electrons. The highest BCUT2D eigenvalue weighted by molar-refractivity contribution is 5.76. The van der Waals surface area contributed by atoms with E-state index < -0.39 is 0 Å². The van der Waals surface area contributed by atoms with Gasteiger partial charge in [0.2, 0.25) is 5.91 Å². The highest BCUT2D eigenvalue weighted by Gasteiger charge is 2.20. The number of ether oxygens (including phenoxy) is 1. The number of carbonyl (C=O) groups excluding carboxylic acids is 1. The molecule has 1 aromatic rings. The molecule has 1 saturated heterocycles. The maximum absolute atomic E-state index is 12.0. The van der Waals surface area contributed by atoms with Crippen molar-refractivity contribution in [2.45, 2.75) is 19.9 Å². The lowest BCUT2D eigenvalue weighted by molar-refractivity contribution is -0.134. The first-order valence-electron chi connectivity index (χ1n) is 7.41. The topological polar surface area (TPSA) is 32.8 Å². The first-order chi connectivity index (χ1) is 9.79. The molecule has 0 aromatic heterocycles. The first-order valence-corrected chi connectivity index (χ1v) is 7.41. The van der Waals surface area contributed by atoms with Crippen molar-refractivity contribution >= 4 is 5.91 Å². The fourth-order valence-corrected chi connectivity index (χ4v) is 2.46. The van der Waals surface area contributed by atoms with Crippen LogP contribution in [0.25, 0.3) is 0 Å². The van der Waals surface area contributed by atoms with Crippen molar-refractivity contribution in [3.05, 3.63) is 35.9 Å². The van der Waals surface area contributed by atoms with Crippen LogP contribution in [0.5, 0.6) is 0 Å². The highest BCUT2D eigenvalue weighted by atomic mass is 16.5. The lowest BCUT2D eigenvalue weighted by Crippen LogP contribution is -2.48. The average Bonchev–Trinajstić information content (AvgIpc) is 2.49. The van der Waals surface area contributed by atoms with Gasteiger partial charge in [0.05, 0.1) is 13.0 Å². The Bertz CT molecular complexity index is 400. The van der Waals surface area contributed by atoms with E-state index in [1.807, 2.05) is 17.9 Å². The standard InChI is InChI=1S/C16H24N2O2/c1-2-20-13-8-16(19)18-11-9-17(10-12-18)14-15-6-4-3-5-7-15/h3-7H,2,8-14H2,1H3. The van der Waals surface area contributed by atoms with Crippen LogP contribution in [0, 0.1) is 0 Å². The van der Waals surface area contributed by atoms with Gasteiger partial charge < -0.3 is 9.64 Å². The molecule has 0 atom stereocenters. The summed E-state index contributed by atoms with van der Waals surface area (Å²) in [5, 5.41) is 0. The van der Waals surface area contributed by atoms with Crippen LogP contribution in [0.4, 0.5) is 0 Å². The predicted octanol–water partition coefficient (Wildman–Crippen LogP) is 1.76. The second-order valence-electron chi connectivity index (χ2n) is 5.09. The zero-order valence-corrected chi connectivity index (χ0v) is 12.3. The zero-order chi connectivity index (χ0) is 14.2. The van der Waals surface area contributed by atoms with E-state index in [9.17, 15) is 4.79 Å². The second-order valence-corrected chi connectivity index (χ2v) is 5.09. The van der Waals surface area contributed by atoms with Gasteiger partial charge in [0, 0.05) is 39.3 Å². The summed E-state index contributed by atoms with van der Waals surface area (Å²) >= 11 is 0. The molecule has 0 aliphatic carbocycles. The third kappa shape index (κ3) is 4.62. The Hall–Kier alpha value is -1.39. The number of benzene rings is 1. The molecule has 1 amide bonds. The molecular weight excluding hydrogens is 252 g/mol. The average molecular weight is 276 g/mol. The van der Waals surface area contributed by atoms with E-state index in [1.54, 1.807) is 0 Å². The molecule has 0 spiro atoms. The lowest BCUT2D eigenvalue weighted by Gasteiger charge is -2.34. The summed E-state index contributed by atoms with van der Waals surface area (Å²) < 4.78 is 5.24. The van der Waals surface area contributed by atoms with Gasteiger partial charge in [-0.25, -0.2) is 0 Å². The molecule has 0 radical (unpaired) electrons. The van der Waals surface area contributed by atoms with Gasteiger partial charge in [-0.2, -0.15) is 0 Å². The maximum Gasteiger partial charge on any atom is 0.224 e. The van der Waals surface area contributed by atoms with E-state index in [1.165, 1.54) is 5.56 Å². The van der Waals surface area contributed by atoms with Crippen LogP contribution < -0.4 is 0 Å². The molecule has 1 fully saturated rings. The van der Waals surface area contributed by atoms with Crippen LogP contribution in [0.1, 0.15) is 18.9 Å². The minimum Gasteiger partial charge on any atom is -0.381 e. The number of amides is 1. The van der Waals surface area contributed by atoms with Crippen LogP contribution in [0.2, 0.25) is 0 Å². The van der Waals surface area contributed by atoms with Gasteiger partial charge in [-0.05, 0) is 12.5 Å². The summed E-state index contributed by atoms with van der Waals surface area (Å²) in [5.41, 5.74) is 1.34. The molecule has 0 bridgehead atoms. The van der Waals surface area contributed by atoms with Crippen molar-refractivity contribution in [1.29, 1.82) is 0 Å². The Morgan fingerprint density at radius 3 is 2.50 bits per heavy atom. The van der Waals surface area contributed by atoms with Gasteiger partial charge in [0.15, 0.2) is 0 Å². The van der Waals surface area contributed by atoms with E-state index >= 15 is 0 Å². The van der Waals surface area contributed by atoms with Crippen molar-refractivity contribution in [1.82, 2.24) is 9.80 Å². The fourth-order valence-electron chi connectivity index (χ4n) is 2.46. The third-order valence-corrected chi connectivity index (χ3v) is 3.64. The van der Waals surface area contributed by atoms with Gasteiger partial charge in [-0.3, -0.25) is 9.69 Å². The Morgan fingerprint density at radius 1 is 1.15 bits per heavy atom. The molecule has 1 aliphatic rings. The minimum absolute atomic E-state index is 0.220. The molecule has 1 heterocycles. The molecule has 4 heteroatoms. The summed E-state index contributed by atoms with van der Waals surface area (Å²) in [4.78, 5) is 16.3. The molecule has 20 heavy (non-hydrogen) atoms. The van der Waals surface area contributed by atoms with E-state index in [2.05, 4.69) is 29.2 Å². The Kier molecular flexibility index (Phi) is 6.02. The SMILES string of the molecule is CCOCCC(=O)N1CCN(Cc2ccccc2)CC1. The smallest absolute Gasteiger partial charge is 0.224 e.